The smallest absolute Gasteiger partial charge is 0.140 e. The van der Waals surface area contributed by atoms with Gasteiger partial charge in [-0.15, -0.1) is 0 Å². The second-order valence-electron chi connectivity index (χ2n) is 5.70. The Bertz CT molecular complexity index is 433. The van der Waals surface area contributed by atoms with Gasteiger partial charge in [0.1, 0.15) is 11.5 Å². The van der Waals surface area contributed by atoms with Crippen LogP contribution < -0.4 is 4.74 Å². The molecule has 1 aromatic carbocycles. The monoisotopic (exact) mass is 262 g/mol. The Morgan fingerprint density at radius 2 is 1.84 bits per heavy atom. The van der Waals surface area contributed by atoms with Crippen LogP contribution in [0.1, 0.15) is 64.0 Å². The molecule has 0 saturated heterocycles. The van der Waals surface area contributed by atoms with Gasteiger partial charge in [-0.3, -0.25) is 4.79 Å². The average molecular weight is 262 g/mol. The minimum atomic E-state index is -0.00611. The molecule has 1 atom stereocenters. The van der Waals surface area contributed by atoms with E-state index in [-0.39, 0.29) is 5.92 Å². The molecule has 0 bridgehead atoms. The number of methoxy groups -OCH3 is 1. The summed E-state index contributed by atoms with van der Waals surface area (Å²) < 4.78 is 5.40. The van der Waals surface area contributed by atoms with Crippen molar-refractivity contribution in [1.82, 2.24) is 0 Å². The Labute approximate surface area is 117 Å². The second kappa shape index (κ2) is 6.74. The first-order valence-corrected chi connectivity index (χ1v) is 7.12. The molecule has 0 aliphatic carbocycles. The Balaban J connectivity index is 3.25. The molecular weight excluding hydrogens is 236 g/mol. The molecule has 0 saturated carbocycles. The van der Waals surface area contributed by atoms with Crippen molar-refractivity contribution in [3.05, 3.63) is 29.3 Å². The molecule has 0 N–H and O–H groups in total. The lowest BCUT2D eigenvalue weighted by molar-refractivity contribution is -0.121. The summed E-state index contributed by atoms with van der Waals surface area (Å²) in [5, 5.41) is 0. The third-order valence-electron chi connectivity index (χ3n) is 3.60. The number of carbonyl (C=O) groups is 1. The van der Waals surface area contributed by atoms with E-state index in [1.165, 1.54) is 5.56 Å². The quantitative estimate of drug-likeness (QED) is 0.752. The van der Waals surface area contributed by atoms with Crippen LogP contribution in [0.5, 0.6) is 5.75 Å². The molecule has 0 heterocycles. The number of hydrogen-bond donors (Lipinski definition) is 0. The number of ether oxygens (including phenoxy) is 1. The third kappa shape index (κ3) is 3.59. The van der Waals surface area contributed by atoms with Crippen molar-refractivity contribution in [1.29, 1.82) is 0 Å². The van der Waals surface area contributed by atoms with Crippen LogP contribution >= 0.6 is 0 Å². The van der Waals surface area contributed by atoms with Crippen molar-refractivity contribution in [3.63, 3.8) is 0 Å². The summed E-state index contributed by atoms with van der Waals surface area (Å²) in [5.41, 5.74) is 2.29. The Kier molecular flexibility index (Phi) is 5.59. The summed E-state index contributed by atoms with van der Waals surface area (Å²) in [5.74, 6) is 1.92. The van der Waals surface area contributed by atoms with Gasteiger partial charge in [0.25, 0.3) is 0 Å². The van der Waals surface area contributed by atoms with E-state index >= 15 is 0 Å². The Morgan fingerprint density at radius 3 is 2.26 bits per heavy atom. The fraction of sp³-hybridized carbons (Fsp3) is 0.588. The highest BCUT2D eigenvalue weighted by Crippen LogP contribution is 2.33. The standard InChI is InChI=1S/C17H26O2/c1-7-15(18)17(12(4)5)13-8-9-16(19-6)14(10-13)11(2)3/h8-12,17H,7H2,1-6H3. The first kappa shape index (κ1) is 15.7. The van der Waals surface area contributed by atoms with Crippen molar-refractivity contribution in [3.8, 4) is 5.75 Å². The highest BCUT2D eigenvalue weighted by Gasteiger charge is 2.23. The van der Waals surface area contributed by atoms with Gasteiger partial charge in [-0.2, -0.15) is 0 Å². The van der Waals surface area contributed by atoms with Gasteiger partial charge in [0, 0.05) is 12.3 Å². The number of Topliss-reactive ketones (excluding diaryl/α,β-unsaturated/α-hetero) is 1. The molecule has 0 aromatic heterocycles. The van der Waals surface area contributed by atoms with Crippen LogP contribution in [0.3, 0.4) is 0 Å². The second-order valence-corrected chi connectivity index (χ2v) is 5.70. The lowest BCUT2D eigenvalue weighted by Crippen LogP contribution is -2.17. The van der Waals surface area contributed by atoms with Crippen LogP contribution in [0.2, 0.25) is 0 Å². The van der Waals surface area contributed by atoms with Gasteiger partial charge in [0.05, 0.1) is 7.11 Å². The predicted octanol–water partition coefficient (Wildman–Crippen LogP) is 4.54. The van der Waals surface area contributed by atoms with Gasteiger partial charge < -0.3 is 4.74 Å². The van der Waals surface area contributed by atoms with E-state index in [4.69, 9.17) is 4.74 Å². The van der Waals surface area contributed by atoms with E-state index in [0.717, 1.165) is 11.3 Å². The molecule has 0 amide bonds. The number of ketones is 1. The maximum absolute atomic E-state index is 12.2. The van der Waals surface area contributed by atoms with Gasteiger partial charge in [0.15, 0.2) is 0 Å². The van der Waals surface area contributed by atoms with Crippen molar-refractivity contribution in [2.45, 2.75) is 52.9 Å². The molecule has 0 aliphatic heterocycles. The van der Waals surface area contributed by atoms with E-state index in [1.807, 2.05) is 19.1 Å². The number of rotatable bonds is 6. The minimum Gasteiger partial charge on any atom is -0.496 e. The highest BCUT2D eigenvalue weighted by molar-refractivity contribution is 5.85. The molecule has 0 aliphatic rings. The first-order valence-electron chi connectivity index (χ1n) is 7.12. The van der Waals surface area contributed by atoms with Gasteiger partial charge in [-0.05, 0) is 29.0 Å². The van der Waals surface area contributed by atoms with Crippen LogP contribution in [0.15, 0.2) is 18.2 Å². The molecule has 0 radical (unpaired) electrons. The summed E-state index contributed by atoms with van der Waals surface area (Å²) in [6.45, 7) is 10.4. The molecule has 106 valence electrons. The lowest BCUT2D eigenvalue weighted by atomic mass is 9.82. The zero-order valence-electron chi connectivity index (χ0n) is 13.0. The van der Waals surface area contributed by atoms with Crippen molar-refractivity contribution < 1.29 is 9.53 Å². The summed E-state index contributed by atoms with van der Waals surface area (Å²) in [4.78, 5) is 12.2. The maximum Gasteiger partial charge on any atom is 0.140 e. The number of carbonyl (C=O) groups excluding carboxylic acids is 1. The molecule has 19 heavy (non-hydrogen) atoms. The van der Waals surface area contributed by atoms with Crippen molar-refractivity contribution in [2.24, 2.45) is 5.92 Å². The van der Waals surface area contributed by atoms with Crippen molar-refractivity contribution >= 4 is 5.78 Å². The van der Waals surface area contributed by atoms with Gasteiger partial charge >= 0.3 is 0 Å². The predicted molar refractivity (Wildman–Crippen MR) is 80.0 cm³/mol. The van der Waals surface area contributed by atoms with Crippen LogP contribution in [-0.2, 0) is 4.79 Å². The van der Waals surface area contributed by atoms with E-state index < -0.39 is 0 Å². The number of benzene rings is 1. The summed E-state index contributed by atoms with van der Waals surface area (Å²) >= 11 is 0. The van der Waals surface area contributed by atoms with Crippen LogP contribution in [0.25, 0.3) is 0 Å². The molecule has 0 spiro atoms. The van der Waals surface area contributed by atoms with E-state index in [9.17, 15) is 4.79 Å². The molecule has 0 fully saturated rings. The van der Waals surface area contributed by atoms with E-state index in [1.54, 1.807) is 7.11 Å². The topological polar surface area (TPSA) is 26.3 Å². The average Bonchev–Trinajstić information content (AvgIpc) is 2.38. The van der Waals surface area contributed by atoms with Crippen LogP contribution in [-0.4, -0.2) is 12.9 Å². The zero-order valence-corrected chi connectivity index (χ0v) is 13.0. The van der Waals surface area contributed by atoms with E-state index in [0.29, 0.717) is 24.0 Å². The molecule has 1 rings (SSSR count). The summed E-state index contributed by atoms with van der Waals surface area (Å²) in [7, 11) is 1.69. The highest BCUT2D eigenvalue weighted by atomic mass is 16.5. The van der Waals surface area contributed by atoms with Gasteiger partial charge in [0.2, 0.25) is 0 Å². The van der Waals surface area contributed by atoms with Crippen molar-refractivity contribution in [2.75, 3.05) is 7.11 Å². The molecule has 2 nitrogen and oxygen atoms in total. The summed E-state index contributed by atoms with van der Waals surface area (Å²) in [6.07, 6.45) is 0.589. The van der Waals surface area contributed by atoms with Crippen LogP contribution in [0.4, 0.5) is 0 Å². The SMILES string of the molecule is CCC(=O)C(c1ccc(OC)c(C(C)C)c1)C(C)C. The Hall–Kier alpha value is -1.31. The van der Waals surface area contributed by atoms with E-state index in [2.05, 4.69) is 33.8 Å². The molecule has 2 heteroatoms. The normalized spacial score (nSPS) is 12.8. The Morgan fingerprint density at radius 1 is 1.21 bits per heavy atom. The summed E-state index contributed by atoms with van der Waals surface area (Å²) in [6, 6.07) is 6.16. The molecular formula is C17H26O2. The first-order chi connectivity index (χ1) is 8.92. The van der Waals surface area contributed by atoms with Gasteiger partial charge in [-0.1, -0.05) is 46.8 Å². The lowest BCUT2D eigenvalue weighted by Gasteiger charge is -2.22. The largest absolute Gasteiger partial charge is 0.496 e. The molecule has 1 unspecified atom stereocenters. The zero-order chi connectivity index (χ0) is 14.6. The van der Waals surface area contributed by atoms with Crippen LogP contribution in [0, 0.1) is 5.92 Å². The third-order valence-corrected chi connectivity index (χ3v) is 3.60. The minimum absolute atomic E-state index is 0.00611. The number of hydrogen-bond acceptors (Lipinski definition) is 2. The fourth-order valence-electron chi connectivity index (χ4n) is 2.56. The fourth-order valence-corrected chi connectivity index (χ4v) is 2.56. The maximum atomic E-state index is 12.2. The van der Waals surface area contributed by atoms with Gasteiger partial charge in [-0.25, -0.2) is 0 Å². The molecule has 1 aromatic rings.